The van der Waals surface area contributed by atoms with E-state index in [1.54, 1.807) is 6.20 Å². The molecule has 0 bridgehead atoms. The molecular formula is C9H12N2OS. The van der Waals surface area contributed by atoms with E-state index < -0.39 is 11.0 Å². The fourth-order valence-corrected chi connectivity index (χ4v) is 2.37. The fraction of sp³-hybridized carbons (Fsp3) is 0.444. The van der Waals surface area contributed by atoms with Gasteiger partial charge in [0, 0.05) is 25.0 Å². The van der Waals surface area contributed by atoms with Gasteiger partial charge in [-0.1, -0.05) is 0 Å². The second kappa shape index (κ2) is 3.55. The predicted octanol–water partition coefficient (Wildman–Crippen LogP) is 1.12. The summed E-state index contributed by atoms with van der Waals surface area (Å²) >= 11 is 0. The summed E-state index contributed by atoms with van der Waals surface area (Å²) in [5.41, 5.74) is 0.962. The molecule has 0 spiro atoms. The van der Waals surface area contributed by atoms with Crippen molar-refractivity contribution in [2.45, 2.75) is 18.2 Å². The number of aryl methyl sites for hydroxylation is 1. The zero-order valence-corrected chi connectivity index (χ0v) is 8.38. The molecule has 1 aromatic heterocycles. The van der Waals surface area contributed by atoms with Crippen molar-refractivity contribution in [3.63, 3.8) is 0 Å². The highest BCUT2D eigenvalue weighted by Crippen LogP contribution is 2.16. The highest BCUT2D eigenvalue weighted by molar-refractivity contribution is 7.82. The molecule has 1 aliphatic rings. The molecular weight excluding hydrogens is 184 g/mol. The van der Waals surface area contributed by atoms with Crippen molar-refractivity contribution in [3.8, 4) is 0 Å². The van der Waals surface area contributed by atoms with Gasteiger partial charge in [0.1, 0.15) is 11.0 Å². The minimum Gasteiger partial charge on any atom is -0.260 e. The van der Waals surface area contributed by atoms with Crippen molar-refractivity contribution in [1.82, 2.24) is 9.29 Å². The molecule has 1 saturated heterocycles. The van der Waals surface area contributed by atoms with Gasteiger partial charge in [0.15, 0.2) is 0 Å². The predicted molar refractivity (Wildman–Crippen MR) is 51.6 cm³/mol. The van der Waals surface area contributed by atoms with Crippen LogP contribution in [0.5, 0.6) is 0 Å². The van der Waals surface area contributed by atoms with Gasteiger partial charge in [-0.05, 0) is 25.5 Å². The number of pyridine rings is 1. The van der Waals surface area contributed by atoms with Crippen molar-refractivity contribution in [1.29, 1.82) is 0 Å². The Hall–Kier alpha value is -0.740. The van der Waals surface area contributed by atoms with Crippen LogP contribution in [0.15, 0.2) is 23.2 Å². The highest BCUT2D eigenvalue weighted by atomic mass is 32.2. The monoisotopic (exact) mass is 196 g/mol. The molecule has 0 aliphatic carbocycles. The van der Waals surface area contributed by atoms with E-state index in [-0.39, 0.29) is 0 Å². The Balaban J connectivity index is 2.15. The Morgan fingerprint density at radius 1 is 1.46 bits per heavy atom. The summed E-state index contributed by atoms with van der Waals surface area (Å²) in [5, 5.41) is 0. The van der Waals surface area contributed by atoms with Crippen LogP contribution >= 0.6 is 0 Å². The van der Waals surface area contributed by atoms with E-state index in [1.807, 2.05) is 23.4 Å². The van der Waals surface area contributed by atoms with E-state index in [2.05, 4.69) is 4.98 Å². The van der Waals surface area contributed by atoms with Crippen molar-refractivity contribution in [2.75, 3.05) is 13.1 Å². The van der Waals surface area contributed by atoms with Crippen molar-refractivity contribution in [3.05, 3.63) is 24.0 Å². The molecule has 0 radical (unpaired) electrons. The molecule has 2 heterocycles. The zero-order chi connectivity index (χ0) is 9.26. The van der Waals surface area contributed by atoms with Crippen LogP contribution in [0.2, 0.25) is 0 Å². The van der Waals surface area contributed by atoms with Crippen LogP contribution in [0, 0.1) is 6.92 Å². The number of hydrogen-bond donors (Lipinski definition) is 0. The van der Waals surface area contributed by atoms with Gasteiger partial charge in [0.2, 0.25) is 0 Å². The van der Waals surface area contributed by atoms with Crippen LogP contribution in [-0.2, 0) is 11.0 Å². The van der Waals surface area contributed by atoms with Crippen LogP contribution in [0.1, 0.15) is 12.1 Å². The van der Waals surface area contributed by atoms with Gasteiger partial charge in [-0.15, -0.1) is 0 Å². The zero-order valence-electron chi connectivity index (χ0n) is 7.56. The SMILES string of the molecule is Cc1ccc(S(=O)N2CCC2)cn1. The molecule has 1 atom stereocenters. The third kappa shape index (κ3) is 1.78. The summed E-state index contributed by atoms with van der Waals surface area (Å²) < 4.78 is 13.7. The average molecular weight is 196 g/mol. The number of rotatable bonds is 2. The van der Waals surface area contributed by atoms with E-state index >= 15 is 0 Å². The maximum Gasteiger partial charge on any atom is 0.129 e. The Bertz CT molecular complexity index is 319. The maximum atomic E-state index is 11.7. The smallest absolute Gasteiger partial charge is 0.129 e. The molecule has 1 aliphatic heterocycles. The highest BCUT2D eigenvalue weighted by Gasteiger charge is 2.21. The second-order valence-electron chi connectivity index (χ2n) is 3.17. The molecule has 0 aromatic carbocycles. The third-order valence-corrected chi connectivity index (χ3v) is 3.61. The van der Waals surface area contributed by atoms with Crippen molar-refractivity contribution < 1.29 is 4.21 Å². The lowest BCUT2D eigenvalue weighted by Gasteiger charge is -2.28. The molecule has 0 N–H and O–H groups in total. The Kier molecular flexibility index (Phi) is 2.42. The molecule has 0 amide bonds. The average Bonchev–Trinajstić information content (AvgIpc) is 2.02. The van der Waals surface area contributed by atoms with Crippen LogP contribution in [0.3, 0.4) is 0 Å². The third-order valence-electron chi connectivity index (χ3n) is 2.14. The van der Waals surface area contributed by atoms with E-state index in [0.717, 1.165) is 30.1 Å². The van der Waals surface area contributed by atoms with Crippen molar-refractivity contribution in [2.24, 2.45) is 0 Å². The molecule has 13 heavy (non-hydrogen) atoms. The summed E-state index contributed by atoms with van der Waals surface area (Å²) in [6.07, 6.45) is 2.86. The second-order valence-corrected chi connectivity index (χ2v) is 4.65. The van der Waals surface area contributed by atoms with Gasteiger partial charge in [-0.3, -0.25) is 4.98 Å². The molecule has 4 heteroatoms. The van der Waals surface area contributed by atoms with E-state index in [9.17, 15) is 4.21 Å². The molecule has 3 nitrogen and oxygen atoms in total. The van der Waals surface area contributed by atoms with Gasteiger partial charge >= 0.3 is 0 Å². The van der Waals surface area contributed by atoms with Gasteiger partial charge in [0.25, 0.3) is 0 Å². The number of nitrogens with zero attached hydrogens (tertiary/aromatic N) is 2. The molecule has 1 aromatic rings. The minimum absolute atomic E-state index is 0.810. The van der Waals surface area contributed by atoms with Crippen LogP contribution < -0.4 is 0 Å². The molecule has 2 rings (SSSR count). The van der Waals surface area contributed by atoms with Gasteiger partial charge in [0.05, 0.1) is 4.90 Å². The van der Waals surface area contributed by atoms with E-state index in [1.165, 1.54) is 0 Å². The Morgan fingerprint density at radius 3 is 2.69 bits per heavy atom. The first-order valence-electron chi connectivity index (χ1n) is 4.37. The first kappa shape index (κ1) is 8.84. The van der Waals surface area contributed by atoms with Crippen molar-refractivity contribution >= 4 is 11.0 Å². The van der Waals surface area contributed by atoms with Gasteiger partial charge < -0.3 is 0 Å². The first-order chi connectivity index (χ1) is 6.27. The van der Waals surface area contributed by atoms with Gasteiger partial charge in [-0.25, -0.2) is 8.51 Å². The summed E-state index contributed by atoms with van der Waals surface area (Å²) in [6.45, 7) is 3.82. The number of hydrogen-bond acceptors (Lipinski definition) is 2. The molecule has 1 fully saturated rings. The Labute approximate surface area is 80.4 Å². The lowest BCUT2D eigenvalue weighted by molar-refractivity contribution is 0.328. The normalized spacial score (nSPS) is 19.5. The molecule has 0 saturated carbocycles. The van der Waals surface area contributed by atoms with Crippen LogP contribution in [0.4, 0.5) is 0 Å². The fourth-order valence-electron chi connectivity index (χ4n) is 1.16. The van der Waals surface area contributed by atoms with Gasteiger partial charge in [-0.2, -0.15) is 0 Å². The topological polar surface area (TPSA) is 33.2 Å². The van der Waals surface area contributed by atoms with Crippen LogP contribution in [0.25, 0.3) is 0 Å². The Morgan fingerprint density at radius 2 is 2.23 bits per heavy atom. The quantitative estimate of drug-likeness (QED) is 0.710. The summed E-state index contributed by atoms with van der Waals surface area (Å²) in [4.78, 5) is 4.93. The van der Waals surface area contributed by atoms with Crippen LogP contribution in [-0.4, -0.2) is 26.6 Å². The first-order valence-corrected chi connectivity index (χ1v) is 5.47. The lowest BCUT2D eigenvalue weighted by atomic mass is 10.3. The number of aromatic nitrogens is 1. The minimum atomic E-state index is -0.979. The maximum absolute atomic E-state index is 11.7. The molecule has 1 unspecified atom stereocenters. The summed E-state index contributed by atoms with van der Waals surface area (Å²) in [5.74, 6) is 0. The van der Waals surface area contributed by atoms with E-state index in [4.69, 9.17) is 0 Å². The standard InChI is InChI=1S/C9H12N2OS/c1-8-3-4-9(7-10-8)13(12)11-5-2-6-11/h3-4,7H,2,5-6H2,1H3. The molecule has 70 valence electrons. The summed E-state index contributed by atoms with van der Waals surface area (Å²) in [7, 11) is -0.979. The largest absolute Gasteiger partial charge is 0.260 e. The van der Waals surface area contributed by atoms with E-state index in [0.29, 0.717) is 0 Å². The lowest BCUT2D eigenvalue weighted by Crippen LogP contribution is -2.38. The summed E-state index contributed by atoms with van der Waals surface area (Å²) in [6, 6.07) is 3.78.